The van der Waals surface area contributed by atoms with Crippen molar-refractivity contribution in [1.82, 2.24) is 0 Å². The average Bonchev–Trinajstić information content (AvgIpc) is 2.75. The monoisotopic (exact) mass is 244 g/mol. The highest BCUT2D eigenvalue weighted by atomic mass is 16.3. The summed E-state index contributed by atoms with van der Waals surface area (Å²) in [5.41, 5.74) is 2.10. The fraction of sp³-hybridized carbons (Fsp3) is 0.533. The molecule has 1 fully saturated rings. The Hall–Kier alpha value is -1.53. The van der Waals surface area contributed by atoms with Crippen LogP contribution in [0.5, 0.6) is 0 Å². The van der Waals surface area contributed by atoms with E-state index in [9.17, 15) is 10.4 Å². The van der Waals surface area contributed by atoms with Gasteiger partial charge >= 0.3 is 0 Å². The van der Waals surface area contributed by atoms with Gasteiger partial charge in [0.1, 0.15) is 6.07 Å². The van der Waals surface area contributed by atoms with Crippen molar-refractivity contribution in [1.29, 1.82) is 5.26 Å². The van der Waals surface area contributed by atoms with Crippen molar-refractivity contribution >= 4 is 5.69 Å². The Labute approximate surface area is 109 Å². The molecule has 1 aliphatic rings. The second-order valence-electron chi connectivity index (χ2n) is 5.42. The molecule has 1 N–H and O–H groups in total. The molecule has 2 rings (SSSR count). The Morgan fingerprint density at radius 3 is 2.67 bits per heavy atom. The quantitative estimate of drug-likeness (QED) is 0.889. The Morgan fingerprint density at radius 1 is 1.39 bits per heavy atom. The zero-order valence-electron chi connectivity index (χ0n) is 11.1. The fourth-order valence-corrected chi connectivity index (χ4v) is 2.79. The maximum atomic E-state index is 10.4. The summed E-state index contributed by atoms with van der Waals surface area (Å²) in [5.74, 6) is 0. The van der Waals surface area contributed by atoms with Gasteiger partial charge in [-0.15, -0.1) is 0 Å². The van der Waals surface area contributed by atoms with E-state index in [0.29, 0.717) is 12.1 Å². The van der Waals surface area contributed by atoms with Crippen molar-refractivity contribution in [3.05, 3.63) is 29.3 Å². The van der Waals surface area contributed by atoms with Crippen molar-refractivity contribution in [3.8, 4) is 6.07 Å². The number of nitriles is 1. The lowest BCUT2D eigenvalue weighted by molar-refractivity contribution is 0.0559. The van der Waals surface area contributed by atoms with Gasteiger partial charge in [-0.25, -0.2) is 0 Å². The molecule has 1 aromatic carbocycles. The predicted octanol–water partition coefficient (Wildman–Crippen LogP) is 2.61. The molecule has 1 aliphatic carbocycles. The van der Waals surface area contributed by atoms with Crippen LogP contribution in [0.2, 0.25) is 0 Å². The first kappa shape index (κ1) is 12.9. The minimum Gasteiger partial charge on any atom is -0.388 e. The van der Waals surface area contributed by atoms with Gasteiger partial charge < -0.3 is 10.0 Å². The van der Waals surface area contributed by atoms with E-state index in [0.717, 1.165) is 36.9 Å². The topological polar surface area (TPSA) is 47.3 Å². The molecule has 3 nitrogen and oxygen atoms in total. The molecule has 0 radical (unpaired) electrons. The summed E-state index contributed by atoms with van der Waals surface area (Å²) >= 11 is 0. The molecule has 0 saturated heterocycles. The summed E-state index contributed by atoms with van der Waals surface area (Å²) in [6, 6.07) is 8.09. The standard InChI is InChI=1S/C15H20N2O/c1-12-5-6-14(13(9-12)10-16)17(2)11-15(18)7-3-4-8-15/h5-6,9,18H,3-4,7-8,11H2,1-2H3. The SMILES string of the molecule is Cc1ccc(N(C)CC2(O)CCCC2)c(C#N)c1. The third kappa shape index (κ3) is 2.65. The van der Waals surface area contributed by atoms with Gasteiger partial charge in [-0.05, 0) is 37.5 Å². The number of benzene rings is 1. The molecule has 3 heteroatoms. The first-order chi connectivity index (χ1) is 8.54. The lowest BCUT2D eigenvalue weighted by Crippen LogP contribution is -2.39. The van der Waals surface area contributed by atoms with Gasteiger partial charge in [-0.2, -0.15) is 5.26 Å². The summed E-state index contributed by atoms with van der Waals surface area (Å²) in [7, 11) is 1.95. The maximum Gasteiger partial charge on any atom is 0.101 e. The number of rotatable bonds is 3. The van der Waals surface area contributed by atoms with Crippen LogP contribution in [0.15, 0.2) is 18.2 Å². The van der Waals surface area contributed by atoms with Crippen LogP contribution in [0, 0.1) is 18.3 Å². The zero-order chi connectivity index (χ0) is 13.2. The molecule has 0 atom stereocenters. The van der Waals surface area contributed by atoms with Gasteiger partial charge in [0.25, 0.3) is 0 Å². The van der Waals surface area contributed by atoms with Gasteiger partial charge in [-0.3, -0.25) is 0 Å². The highest BCUT2D eigenvalue weighted by Crippen LogP contribution is 2.32. The third-order valence-corrected chi connectivity index (χ3v) is 3.75. The normalized spacial score (nSPS) is 17.4. The largest absolute Gasteiger partial charge is 0.388 e. The minimum atomic E-state index is -0.577. The number of hydrogen-bond donors (Lipinski definition) is 1. The van der Waals surface area contributed by atoms with E-state index >= 15 is 0 Å². The van der Waals surface area contributed by atoms with Crippen LogP contribution in [0.1, 0.15) is 36.8 Å². The van der Waals surface area contributed by atoms with E-state index in [1.54, 1.807) is 0 Å². The lowest BCUT2D eigenvalue weighted by Gasteiger charge is -2.30. The van der Waals surface area contributed by atoms with E-state index in [1.165, 1.54) is 0 Å². The highest BCUT2D eigenvalue weighted by molar-refractivity contribution is 5.60. The maximum absolute atomic E-state index is 10.4. The van der Waals surface area contributed by atoms with Gasteiger partial charge in [-0.1, -0.05) is 18.9 Å². The average molecular weight is 244 g/mol. The molecule has 0 heterocycles. The lowest BCUT2D eigenvalue weighted by atomic mass is 10.0. The number of hydrogen-bond acceptors (Lipinski definition) is 3. The van der Waals surface area contributed by atoms with Crippen LogP contribution < -0.4 is 4.90 Å². The number of anilines is 1. The molecular weight excluding hydrogens is 224 g/mol. The minimum absolute atomic E-state index is 0.577. The number of aryl methyl sites for hydroxylation is 1. The second-order valence-corrected chi connectivity index (χ2v) is 5.42. The van der Waals surface area contributed by atoms with E-state index in [2.05, 4.69) is 6.07 Å². The highest BCUT2D eigenvalue weighted by Gasteiger charge is 2.32. The first-order valence-electron chi connectivity index (χ1n) is 6.48. The number of likely N-dealkylation sites (N-methyl/N-ethyl adjacent to an activating group) is 1. The molecule has 18 heavy (non-hydrogen) atoms. The Morgan fingerprint density at radius 2 is 2.06 bits per heavy atom. The smallest absolute Gasteiger partial charge is 0.101 e. The first-order valence-corrected chi connectivity index (χ1v) is 6.48. The predicted molar refractivity (Wildman–Crippen MR) is 72.6 cm³/mol. The van der Waals surface area contributed by atoms with Crippen LogP contribution in [0.25, 0.3) is 0 Å². The Kier molecular flexibility index (Phi) is 3.58. The van der Waals surface area contributed by atoms with Crippen molar-refractivity contribution in [2.24, 2.45) is 0 Å². The summed E-state index contributed by atoms with van der Waals surface area (Å²) in [5, 5.41) is 19.6. The van der Waals surface area contributed by atoms with E-state index in [1.807, 2.05) is 37.1 Å². The van der Waals surface area contributed by atoms with Crippen LogP contribution >= 0.6 is 0 Å². The molecule has 0 bridgehead atoms. The summed E-state index contributed by atoms with van der Waals surface area (Å²) in [6.07, 6.45) is 3.93. The van der Waals surface area contributed by atoms with Crippen LogP contribution in [-0.2, 0) is 0 Å². The third-order valence-electron chi connectivity index (χ3n) is 3.75. The molecule has 1 aromatic rings. The van der Waals surface area contributed by atoms with Crippen LogP contribution in [0.3, 0.4) is 0 Å². The zero-order valence-corrected chi connectivity index (χ0v) is 11.1. The van der Waals surface area contributed by atoms with Gasteiger partial charge in [0.05, 0.1) is 16.9 Å². The van der Waals surface area contributed by atoms with E-state index in [4.69, 9.17) is 0 Å². The van der Waals surface area contributed by atoms with Crippen molar-refractivity contribution in [3.63, 3.8) is 0 Å². The van der Waals surface area contributed by atoms with Crippen LogP contribution in [0.4, 0.5) is 5.69 Å². The number of aliphatic hydroxyl groups is 1. The summed E-state index contributed by atoms with van der Waals surface area (Å²) in [4.78, 5) is 2.00. The summed E-state index contributed by atoms with van der Waals surface area (Å²) in [6.45, 7) is 2.58. The Bertz CT molecular complexity index is 470. The second kappa shape index (κ2) is 4.99. The van der Waals surface area contributed by atoms with E-state index in [-0.39, 0.29) is 0 Å². The van der Waals surface area contributed by atoms with Crippen molar-refractivity contribution < 1.29 is 5.11 Å². The van der Waals surface area contributed by atoms with Gasteiger partial charge in [0, 0.05) is 13.6 Å². The molecule has 0 spiro atoms. The molecular formula is C15H20N2O. The molecule has 0 unspecified atom stereocenters. The molecule has 0 aliphatic heterocycles. The van der Waals surface area contributed by atoms with E-state index < -0.39 is 5.60 Å². The number of nitrogens with zero attached hydrogens (tertiary/aromatic N) is 2. The summed E-state index contributed by atoms with van der Waals surface area (Å²) < 4.78 is 0. The fourth-order valence-electron chi connectivity index (χ4n) is 2.79. The van der Waals surface area contributed by atoms with Gasteiger partial charge in [0.2, 0.25) is 0 Å². The molecule has 1 saturated carbocycles. The molecule has 0 amide bonds. The van der Waals surface area contributed by atoms with Crippen molar-refractivity contribution in [2.45, 2.75) is 38.2 Å². The molecule has 96 valence electrons. The van der Waals surface area contributed by atoms with Crippen LogP contribution in [-0.4, -0.2) is 24.3 Å². The molecule has 0 aromatic heterocycles. The van der Waals surface area contributed by atoms with Gasteiger partial charge in [0.15, 0.2) is 0 Å². The van der Waals surface area contributed by atoms with Crippen molar-refractivity contribution in [2.75, 3.05) is 18.5 Å². The Balaban J connectivity index is 2.18.